The predicted octanol–water partition coefficient (Wildman–Crippen LogP) is 3.84. The van der Waals surface area contributed by atoms with Gasteiger partial charge >= 0.3 is 0 Å². The van der Waals surface area contributed by atoms with Crippen molar-refractivity contribution in [3.63, 3.8) is 0 Å². The van der Waals surface area contributed by atoms with Gasteiger partial charge in [-0.1, -0.05) is 23.7 Å². The van der Waals surface area contributed by atoms with Crippen molar-refractivity contribution in [2.75, 3.05) is 0 Å². The molecule has 0 aliphatic rings. The van der Waals surface area contributed by atoms with E-state index in [1.54, 1.807) is 12.4 Å². The third-order valence-corrected chi connectivity index (χ3v) is 3.82. The average Bonchev–Trinajstić information content (AvgIpc) is 2.87. The fourth-order valence-electron chi connectivity index (χ4n) is 2.57. The molecule has 2 heterocycles. The predicted molar refractivity (Wildman–Crippen MR) is 84.3 cm³/mol. The topological polar surface area (TPSA) is 43.6 Å². The monoisotopic (exact) mass is 294 g/mol. The minimum absolute atomic E-state index is 0.656. The highest BCUT2D eigenvalue weighted by Crippen LogP contribution is 2.31. The third-order valence-electron chi connectivity index (χ3n) is 3.60. The van der Waals surface area contributed by atoms with Crippen molar-refractivity contribution in [3.8, 4) is 11.1 Å². The van der Waals surface area contributed by atoms with Crippen LogP contribution in [0.2, 0.25) is 5.02 Å². The van der Waals surface area contributed by atoms with Crippen molar-refractivity contribution in [1.82, 2.24) is 19.7 Å². The van der Waals surface area contributed by atoms with Crippen LogP contribution < -0.4 is 0 Å². The van der Waals surface area contributed by atoms with E-state index in [4.69, 9.17) is 11.6 Å². The summed E-state index contributed by atoms with van der Waals surface area (Å²) in [6.45, 7) is 0. The molecule has 4 nitrogen and oxygen atoms in total. The molecule has 0 saturated heterocycles. The quantitative estimate of drug-likeness (QED) is 0.536. The molecule has 5 heteroatoms. The molecule has 21 heavy (non-hydrogen) atoms. The van der Waals surface area contributed by atoms with Gasteiger partial charge in [-0.15, -0.1) is 0 Å². The third kappa shape index (κ3) is 1.96. The minimum atomic E-state index is 0.656. The Balaban J connectivity index is 2.05. The van der Waals surface area contributed by atoms with E-state index >= 15 is 0 Å². The molecule has 2 aromatic carbocycles. The second-order valence-electron chi connectivity index (χ2n) is 4.92. The Kier molecular flexibility index (Phi) is 2.65. The van der Waals surface area contributed by atoms with Gasteiger partial charge in [-0.3, -0.25) is 14.6 Å². The Labute approximate surface area is 126 Å². The normalized spacial score (nSPS) is 11.3. The Morgan fingerprint density at radius 2 is 1.90 bits per heavy atom. The molecular formula is C16H11ClN4. The van der Waals surface area contributed by atoms with Gasteiger partial charge < -0.3 is 0 Å². The van der Waals surface area contributed by atoms with E-state index in [2.05, 4.69) is 33.3 Å². The summed E-state index contributed by atoms with van der Waals surface area (Å²) in [4.78, 5) is 8.78. The molecule has 0 N–H and O–H groups in total. The summed E-state index contributed by atoms with van der Waals surface area (Å²) in [7, 11) is 1.93. The van der Waals surface area contributed by atoms with Gasteiger partial charge in [-0.05, 0) is 23.8 Å². The first kappa shape index (κ1) is 12.3. The van der Waals surface area contributed by atoms with E-state index in [0.717, 1.165) is 33.1 Å². The SMILES string of the molecule is Cn1ncc2ccc(-c3cc(Cl)cc4nccnc34)cc21. The molecule has 4 aromatic rings. The molecule has 2 aromatic heterocycles. The van der Waals surface area contributed by atoms with Crippen LogP contribution >= 0.6 is 11.6 Å². The number of benzene rings is 2. The van der Waals surface area contributed by atoms with Crippen LogP contribution in [0.4, 0.5) is 0 Å². The van der Waals surface area contributed by atoms with Crippen LogP contribution in [0.1, 0.15) is 0 Å². The van der Waals surface area contributed by atoms with Crippen LogP contribution in [0, 0.1) is 0 Å². The number of rotatable bonds is 1. The van der Waals surface area contributed by atoms with Crippen LogP contribution in [0.5, 0.6) is 0 Å². The van der Waals surface area contributed by atoms with Crippen LogP contribution in [-0.4, -0.2) is 19.7 Å². The van der Waals surface area contributed by atoms with Crippen LogP contribution in [0.15, 0.2) is 48.9 Å². The van der Waals surface area contributed by atoms with E-state index in [1.807, 2.05) is 30.1 Å². The molecule has 0 aliphatic heterocycles. The van der Waals surface area contributed by atoms with Gasteiger partial charge in [-0.2, -0.15) is 5.10 Å². The number of nitrogens with zero attached hydrogens (tertiary/aromatic N) is 4. The Morgan fingerprint density at radius 1 is 1.05 bits per heavy atom. The van der Waals surface area contributed by atoms with Gasteiger partial charge in [0.2, 0.25) is 0 Å². The smallest absolute Gasteiger partial charge is 0.0966 e. The second kappa shape index (κ2) is 4.53. The van der Waals surface area contributed by atoms with Crippen LogP contribution in [-0.2, 0) is 7.05 Å². The lowest BCUT2D eigenvalue weighted by Crippen LogP contribution is -1.90. The number of fused-ring (bicyclic) bond motifs is 2. The molecular weight excluding hydrogens is 284 g/mol. The molecule has 0 saturated carbocycles. The fraction of sp³-hybridized carbons (Fsp3) is 0.0625. The molecule has 0 aliphatic carbocycles. The van der Waals surface area contributed by atoms with Crippen molar-refractivity contribution >= 4 is 33.5 Å². The average molecular weight is 295 g/mol. The standard InChI is InChI=1S/C16H11ClN4/c1-21-15-6-10(2-3-11(15)9-20-21)13-7-12(17)8-14-16(13)19-5-4-18-14/h2-9H,1H3. The van der Waals surface area contributed by atoms with Crippen molar-refractivity contribution < 1.29 is 0 Å². The lowest BCUT2D eigenvalue weighted by atomic mass is 10.0. The molecule has 0 atom stereocenters. The van der Waals surface area contributed by atoms with Crippen molar-refractivity contribution in [1.29, 1.82) is 0 Å². The highest BCUT2D eigenvalue weighted by molar-refractivity contribution is 6.31. The summed E-state index contributed by atoms with van der Waals surface area (Å²) in [6, 6.07) is 9.97. The van der Waals surface area contributed by atoms with E-state index < -0.39 is 0 Å². The zero-order valence-corrected chi connectivity index (χ0v) is 12.0. The number of halogens is 1. The highest BCUT2D eigenvalue weighted by Gasteiger charge is 2.09. The number of aromatic nitrogens is 4. The van der Waals surface area contributed by atoms with Gasteiger partial charge in [0.25, 0.3) is 0 Å². The van der Waals surface area contributed by atoms with Crippen molar-refractivity contribution in [2.45, 2.75) is 0 Å². The largest absolute Gasteiger partial charge is 0.268 e. The Morgan fingerprint density at radius 3 is 2.81 bits per heavy atom. The molecule has 0 amide bonds. The zero-order chi connectivity index (χ0) is 14.4. The summed E-state index contributed by atoms with van der Waals surface area (Å²) in [5.41, 5.74) is 4.76. The van der Waals surface area contributed by atoms with Crippen LogP contribution in [0.3, 0.4) is 0 Å². The lowest BCUT2D eigenvalue weighted by Gasteiger charge is -2.07. The lowest BCUT2D eigenvalue weighted by molar-refractivity contribution is 0.797. The molecule has 0 radical (unpaired) electrons. The summed E-state index contributed by atoms with van der Waals surface area (Å²) < 4.78 is 1.86. The molecule has 0 bridgehead atoms. The van der Waals surface area contributed by atoms with Gasteiger partial charge in [0, 0.05) is 35.4 Å². The van der Waals surface area contributed by atoms with E-state index in [9.17, 15) is 0 Å². The summed E-state index contributed by atoms with van der Waals surface area (Å²) in [5, 5.41) is 6.04. The minimum Gasteiger partial charge on any atom is -0.268 e. The van der Waals surface area contributed by atoms with Crippen LogP contribution in [0.25, 0.3) is 33.1 Å². The molecule has 0 spiro atoms. The van der Waals surface area contributed by atoms with Gasteiger partial charge in [-0.25, -0.2) is 0 Å². The first-order chi connectivity index (χ1) is 10.2. The van der Waals surface area contributed by atoms with Gasteiger partial charge in [0.05, 0.1) is 22.7 Å². The maximum Gasteiger partial charge on any atom is 0.0966 e. The van der Waals surface area contributed by atoms with Gasteiger partial charge in [0.15, 0.2) is 0 Å². The first-order valence-electron chi connectivity index (χ1n) is 6.55. The number of hydrogen-bond acceptors (Lipinski definition) is 3. The maximum absolute atomic E-state index is 6.22. The van der Waals surface area contributed by atoms with E-state index in [1.165, 1.54) is 0 Å². The number of aryl methyl sites for hydroxylation is 1. The summed E-state index contributed by atoms with van der Waals surface area (Å²) >= 11 is 6.22. The maximum atomic E-state index is 6.22. The zero-order valence-electron chi connectivity index (χ0n) is 11.3. The Hall–Kier alpha value is -2.46. The molecule has 102 valence electrons. The fourth-order valence-corrected chi connectivity index (χ4v) is 2.78. The molecule has 4 rings (SSSR count). The second-order valence-corrected chi connectivity index (χ2v) is 5.36. The summed E-state index contributed by atoms with van der Waals surface area (Å²) in [5.74, 6) is 0. The van der Waals surface area contributed by atoms with Crippen molar-refractivity contribution in [2.24, 2.45) is 7.05 Å². The van der Waals surface area contributed by atoms with Crippen molar-refractivity contribution in [3.05, 3.63) is 53.9 Å². The Bertz CT molecular complexity index is 975. The number of hydrogen-bond donors (Lipinski definition) is 0. The molecule has 0 unspecified atom stereocenters. The first-order valence-corrected chi connectivity index (χ1v) is 6.92. The molecule has 0 fully saturated rings. The summed E-state index contributed by atoms with van der Waals surface area (Å²) in [6.07, 6.45) is 5.23. The van der Waals surface area contributed by atoms with E-state index in [-0.39, 0.29) is 0 Å². The van der Waals surface area contributed by atoms with E-state index in [0.29, 0.717) is 5.02 Å². The highest BCUT2D eigenvalue weighted by atomic mass is 35.5. The van der Waals surface area contributed by atoms with Gasteiger partial charge in [0.1, 0.15) is 0 Å².